The summed E-state index contributed by atoms with van der Waals surface area (Å²) in [5.41, 5.74) is 8.30. The lowest BCUT2D eigenvalue weighted by atomic mass is 10.1. The second-order valence-electron chi connectivity index (χ2n) is 4.52. The lowest BCUT2D eigenvalue weighted by Gasteiger charge is -2.06. The fourth-order valence-electron chi connectivity index (χ4n) is 2.39. The van der Waals surface area contributed by atoms with Gasteiger partial charge in [-0.1, -0.05) is 12.1 Å². The largest absolute Gasteiger partial charge is 0.342 e. The van der Waals surface area contributed by atoms with E-state index in [2.05, 4.69) is 62.4 Å². The van der Waals surface area contributed by atoms with Crippen molar-refractivity contribution in [1.29, 1.82) is 0 Å². The van der Waals surface area contributed by atoms with Gasteiger partial charge in [0.1, 0.15) is 0 Å². The summed E-state index contributed by atoms with van der Waals surface area (Å²) in [5, 5.41) is 3.44. The first-order chi connectivity index (χ1) is 9.29. The van der Waals surface area contributed by atoms with Gasteiger partial charge in [-0.05, 0) is 58.0 Å². The van der Waals surface area contributed by atoms with Crippen LogP contribution in [0.4, 0.5) is 0 Å². The standard InChI is InChI=1S/C15H15BrN2S/c16-13-6-9-19-15(13)10-18-8-5-12-11(4-7-17)2-1-3-14(12)18/h1-3,5-6,8-9H,4,7,10,17H2. The van der Waals surface area contributed by atoms with E-state index >= 15 is 0 Å². The van der Waals surface area contributed by atoms with Crippen molar-refractivity contribution in [2.75, 3.05) is 6.54 Å². The molecular formula is C15H15BrN2S. The van der Waals surface area contributed by atoms with Gasteiger partial charge in [0, 0.05) is 26.4 Å². The molecule has 0 atom stereocenters. The summed E-state index contributed by atoms with van der Waals surface area (Å²) in [5.74, 6) is 0. The average Bonchev–Trinajstić information content (AvgIpc) is 2.99. The van der Waals surface area contributed by atoms with Gasteiger partial charge in [-0.3, -0.25) is 0 Å². The average molecular weight is 335 g/mol. The highest BCUT2D eigenvalue weighted by molar-refractivity contribution is 9.10. The Labute approximate surface area is 125 Å². The fourth-order valence-corrected chi connectivity index (χ4v) is 3.87. The first-order valence-corrected chi connectivity index (χ1v) is 7.95. The Bertz CT molecular complexity index is 699. The molecule has 98 valence electrons. The van der Waals surface area contributed by atoms with Gasteiger partial charge in [-0.2, -0.15) is 0 Å². The molecule has 2 N–H and O–H groups in total. The van der Waals surface area contributed by atoms with Crippen LogP contribution in [-0.4, -0.2) is 11.1 Å². The van der Waals surface area contributed by atoms with Gasteiger partial charge in [-0.25, -0.2) is 0 Å². The molecule has 0 fully saturated rings. The maximum Gasteiger partial charge on any atom is 0.0580 e. The second kappa shape index (κ2) is 5.49. The fraction of sp³-hybridized carbons (Fsp3) is 0.200. The van der Waals surface area contributed by atoms with Crippen LogP contribution in [0.3, 0.4) is 0 Å². The number of nitrogens with zero attached hydrogens (tertiary/aromatic N) is 1. The van der Waals surface area contributed by atoms with Crippen molar-refractivity contribution in [2.24, 2.45) is 5.73 Å². The molecule has 0 spiro atoms. The van der Waals surface area contributed by atoms with E-state index in [1.165, 1.54) is 25.8 Å². The maximum absolute atomic E-state index is 5.68. The molecule has 1 aromatic carbocycles. The van der Waals surface area contributed by atoms with Crippen molar-refractivity contribution in [3.63, 3.8) is 0 Å². The van der Waals surface area contributed by atoms with Crippen LogP contribution in [0.2, 0.25) is 0 Å². The normalized spacial score (nSPS) is 11.3. The monoisotopic (exact) mass is 334 g/mol. The molecule has 0 aliphatic heterocycles. The first kappa shape index (κ1) is 12.9. The van der Waals surface area contributed by atoms with Crippen LogP contribution < -0.4 is 5.73 Å². The number of hydrogen-bond acceptors (Lipinski definition) is 2. The molecule has 3 aromatic rings. The molecule has 0 unspecified atom stereocenters. The number of fused-ring (bicyclic) bond motifs is 1. The highest BCUT2D eigenvalue weighted by Gasteiger charge is 2.07. The number of aromatic nitrogens is 1. The molecule has 0 saturated carbocycles. The predicted octanol–water partition coefficient (Wildman–Crippen LogP) is 4.01. The molecule has 0 saturated heterocycles. The van der Waals surface area contributed by atoms with E-state index in [1.54, 1.807) is 11.3 Å². The first-order valence-electron chi connectivity index (χ1n) is 6.28. The van der Waals surface area contributed by atoms with E-state index in [-0.39, 0.29) is 0 Å². The van der Waals surface area contributed by atoms with Gasteiger partial charge >= 0.3 is 0 Å². The van der Waals surface area contributed by atoms with Crippen molar-refractivity contribution in [3.8, 4) is 0 Å². The molecule has 0 aliphatic rings. The molecule has 0 radical (unpaired) electrons. The minimum Gasteiger partial charge on any atom is -0.342 e. The maximum atomic E-state index is 5.68. The Hall–Kier alpha value is -1.10. The third kappa shape index (κ3) is 2.48. The van der Waals surface area contributed by atoms with E-state index in [0.29, 0.717) is 6.54 Å². The summed E-state index contributed by atoms with van der Waals surface area (Å²) in [6.07, 6.45) is 3.10. The Balaban J connectivity index is 2.01. The number of thiophene rings is 1. The van der Waals surface area contributed by atoms with E-state index in [0.717, 1.165) is 13.0 Å². The molecule has 2 nitrogen and oxygen atoms in total. The van der Waals surface area contributed by atoms with E-state index in [4.69, 9.17) is 5.73 Å². The Morgan fingerprint density at radius 3 is 2.84 bits per heavy atom. The highest BCUT2D eigenvalue weighted by Crippen LogP contribution is 2.26. The van der Waals surface area contributed by atoms with Gasteiger partial charge < -0.3 is 10.3 Å². The van der Waals surface area contributed by atoms with Crippen molar-refractivity contribution < 1.29 is 0 Å². The van der Waals surface area contributed by atoms with Gasteiger partial charge in [-0.15, -0.1) is 11.3 Å². The quantitative estimate of drug-likeness (QED) is 0.767. The SMILES string of the molecule is NCCc1cccc2c1ccn2Cc1sccc1Br. The van der Waals surface area contributed by atoms with Crippen LogP contribution in [0.15, 0.2) is 46.4 Å². The van der Waals surface area contributed by atoms with Gasteiger partial charge in [0.25, 0.3) is 0 Å². The zero-order valence-electron chi connectivity index (χ0n) is 10.5. The van der Waals surface area contributed by atoms with Gasteiger partial charge in [0.05, 0.1) is 6.54 Å². The van der Waals surface area contributed by atoms with Crippen LogP contribution in [0.1, 0.15) is 10.4 Å². The molecule has 0 amide bonds. The van der Waals surface area contributed by atoms with Crippen LogP contribution >= 0.6 is 27.3 Å². The van der Waals surface area contributed by atoms with Crippen molar-refractivity contribution in [2.45, 2.75) is 13.0 Å². The molecule has 2 aromatic heterocycles. The third-order valence-corrected chi connectivity index (χ3v) is 5.23. The molecule has 19 heavy (non-hydrogen) atoms. The summed E-state index contributed by atoms with van der Waals surface area (Å²) in [4.78, 5) is 1.35. The molecule has 3 rings (SSSR count). The van der Waals surface area contributed by atoms with Crippen LogP contribution in [0.25, 0.3) is 10.9 Å². The zero-order chi connectivity index (χ0) is 13.2. The Morgan fingerprint density at radius 1 is 1.21 bits per heavy atom. The van der Waals surface area contributed by atoms with E-state index in [9.17, 15) is 0 Å². The number of hydrogen-bond donors (Lipinski definition) is 1. The van der Waals surface area contributed by atoms with Crippen LogP contribution in [0, 0.1) is 0 Å². The highest BCUT2D eigenvalue weighted by atomic mass is 79.9. The minimum atomic E-state index is 0.695. The summed E-state index contributed by atoms with van der Waals surface area (Å²) in [7, 11) is 0. The van der Waals surface area contributed by atoms with Crippen molar-refractivity contribution >= 4 is 38.2 Å². The summed E-state index contributed by atoms with van der Waals surface area (Å²) < 4.78 is 3.49. The zero-order valence-corrected chi connectivity index (χ0v) is 12.9. The molecular weight excluding hydrogens is 320 g/mol. The third-order valence-electron chi connectivity index (χ3n) is 3.32. The summed E-state index contributed by atoms with van der Waals surface area (Å²) in [6.45, 7) is 1.61. The molecule has 0 aliphatic carbocycles. The molecule has 4 heteroatoms. The Morgan fingerprint density at radius 2 is 2.11 bits per heavy atom. The second-order valence-corrected chi connectivity index (χ2v) is 6.38. The van der Waals surface area contributed by atoms with Crippen LogP contribution in [-0.2, 0) is 13.0 Å². The van der Waals surface area contributed by atoms with E-state index in [1.807, 2.05) is 0 Å². The lowest BCUT2D eigenvalue weighted by molar-refractivity contribution is 0.848. The Kier molecular flexibility index (Phi) is 3.73. The lowest BCUT2D eigenvalue weighted by Crippen LogP contribution is -2.03. The molecule has 2 heterocycles. The smallest absolute Gasteiger partial charge is 0.0580 e. The number of benzene rings is 1. The van der Waals surface area contributed by atoms with Gasteiger partial charge in [0.2, 0.25) is 0 Å². The minimum absolute atomic E-state index is 0.695. The number of rotatable bonds is 4. The summed E-state index contributed by atoms with van der Waals surface area (Å²) in [6, 6.07) is 10.8. The number of nitrogens with two attached hydrogens (primary N) is 1. The predicted molar refractivity (Wildman–Crippen MR) is 85.8 cm³/mol. The van der Waals surface area contributed by atoms with Crippen LogP contribution in [0.5, 0.6) is 0 Å². The van der Waals surface area contributed by atoms with Crippen molar-refractivity contribution in [1.82, 2.24) is 4.57 Å². The topological polar surface area (TPSA) is 30.9 Å². The molecule has 0 bridgehead atoms. The van der Waals surface area contributed by atoms with Gasteiger partial charge in [0.15, 0.2) is 0 Å². The van der Waals surface area contributed by atoms with E-state index < -0.39 is 0 Å². The summed E-state index contributed by atoms with van der Waals surface area (Å²) >= 11 is 5.38. The van der Waals surface area contributed by atoms with Crippen molar-refractivity contribution in [3.05, 3.63) is 56.8 Å². The number of halogens is 1.